The first-order valence-corrected chi connectivity index (χ1v) is 14.4. The van der Waals surface area contributed by atoms with Gasteiger partial charge in [0, 0.05) is 24.4 Å². The number of carbonyl (C=O) groups excluding carboxylic acids is 3. The van der Waals surface area contributed by atoms with Gasteiger partial charge < -0.3 is 19.6 Å². The van der Waals surface area contributed by atoms with Crippen LogP contribution in [0.3, 0.4) is 0 Å². The molecule has 4 aliphatic rings. The Morgan fingerprint density at radius 2 is 1.87 bits per heavy atom. The number of fused-ring (bicyclic) bond motifs is 3. The highest BCUT2D eigenvalue weighted by Gasteiger charge is 2.73. The fourth-order valence-corrected chi connectivity index (χ4v) is 8.85. The maximum absolute atomic E-state index is 14.4. The third-order valence-corrected chi connectivity index (χ3v) is 10.2. The Labute approximate surface area is 231 Å². The zero-order valence-corrected chi connectivity index (χ0v) is 22.8. The lowest BCUT2D eigenvalue weighted by Crippen LogP contribution is -2.53. The van der Waals surface area contributed by atoms with Crippen LogP contribution in [0.2, 0.25) is 0 Å². The van der Waals surface area contributed by atoms with Gasteiger partial charge in [-0.15, -0.1) is 16.9 Å². The summed E-state index contributed by atoms with van der Waals surface area (Å²) in [6, 6.07) is 6.85. The quantitative estimate of drug-likeness (QED) is 0.301. The number of rotatable bonds is 8. The number of amides is 2. The minimum absolute atomic E-state index is 0.137. The van der Waals surface area contributed by atoms with Crippen molar-refractivity contribution in [2.24, 2.45) is 11.8 Å². The minimum atomic E-state index is -0.890. The molecule has 1 spiro atoms. The van der Waals surface area contributed by atoms with Crippen molar-refractivity contribution in [2.45, 2.75) is 54.8 Å². The van der Waals surface area contributed by atoms with E-state index < -0.39 is 27.4 Å². The van der Waals surface area contributed by atoms with Gasteiger partial charge in [0.25, 0.3) is 0 Å². The van der Waals surface area contributed by atoms with Gasteiger partial charge in [0.05, 0.1) is 22.1 Å². The van der Waals surface area contributed by atoms with Crippen LogP contribution < -0.4 is 0 Å². The Bertz CT molecular complexity index is 1360. The van der Waals surface area contributed by atoms with E-state index in [1.54, 1.807) is 26.2 Å². The van der Waals surface area contributed by atoms with Gasteiger partial charge in [0.2, 0.25) is 11.8 Å². The molecule has 6 rings (SSSR count). The number of benzene rings is 1. The maximum atomic E-state index is 14.4. The summed E-state index contributed by atoms with van der Waals surface area (Å²) in [6.07, 6.45) is 10.9. The molecule has 1 N–H and O–H groups in total. The molecule has 1 aromatic carbocycles. The number of cyclic esters (lactones) is 1. The number of aliphatic hydroxyl groups excluding tert-OH is 1. The number of para-hydroxylation sites is 1. The Hall–Kier alpha value is -3.18. The highest BCUT2D eigenvalue weighted by molar-refractivity contribution is 8.02. The zero-order chi connectivity index (χ0) is 27.2. The molecule has 5 heterocycles. The van der Waals surface area contributed by atoms with E-state index in [-0.39, 0.29) is 37.7 Å². The number of ether oxygens (including phenoxy) is 1. The molecular weight excluding hydrogens is 518 g/mol. The predicted octanol–water partition coefficient (Wildman–Crippen LogP) is 2.14. The van der Waals surface area contributed by atoms with Crippen LogP contribution in [0.25, 0.3) is 11.0 Å². The van der Waals surface area contributed by atoms with Crippen LogP contribution in [0, 0.1) is 11.8 Å². The molecular formula is C28H33N5O5S. The van der Waals surface area contributed by atoms with Crippen molar-refractivity contribution in [3.63, 3.8) is 0 Å². The number of hydrogen-bond donors (Lipinski definition) is 1. The van der Waals surface area contributed by atoms with Gasteiger partial charge in [-0.2, -0.15) is 0 Å². The van der Waals surface area contributed by atoms with Crippen LogP contribution in [0.4, 0.5) is 0 Å². The highest BCUT2D eigenvalue weighted by atomic mass is 32.2. The maximum Gasteiger partial charge on any atom is 0.311 e. The van der Waals surface area contributed by atoms with Gasteiger partial charge >= 0.3 is 5.97 Å². The molecule has 206 valence electrons. The van der Waals surface area contributed by atoms with Gasteiger partial charge in [-0.05, 0) is 38.0 Å². The van der Waals surface area contributed by atoms with Crippen molar-refractivity contribution < 1.29 is 24.2 Å². The summed E-state index contributed by atoms with van der Waals surface area (Å²) in [5, 5.41) is 17.7. The number of hydrogen-bond acceptors (Lipinski definition) is 8. The first-order chi connectivity index (χ1) is 18.9. The Morgan fingerprint density at radius 1 is 1.05 bits per heavy atom. The van der Waals surface area contributed by atoms with Gasteiger partial charge in [-0.25, -0.2) is 4.68 Å². The number of esters is 1. The van der Waals surface area contributed by atoms with Crippen LogP contribution in [0.1, 0.15) is 32.6 Å². The Morgan fingerprint density at radius 3 is 2.72 bits per heavy atom. The second-order valence-electron chi connectivity index (χ2n) is 10.9. The molecule has 2 aromatic rings. The molecule has 4 aliphatic heterocycles. The number of nitrogens with zero attached hydrogens (tertiary/aromatic N) is 5. The normalized spacial score (nSPS) is 31.7. The van der Waals surface area contributed by atoms with E-state index in [9.17, 15) is 14.4 Å². The van der Waals surface area contributed by atoms with Crippen molar-refractivity contribution in [1.82, 2.24) is 24.8 Å². The standard InChI is InChI=1S/C28H33N5O5S/c1-27-12-9-17-38-26(37)22(27)21-24(35)32(15-6-2-3-7-16-34)23-25(36)31(14-8-13-28(21,23)39-27)18-33-20-11-5-4-10-19(20)29-30-33/h4-5,8-13,21-23,34H,2-3,6-7,14-18H2,1H3/t21-,22+,23?,27-,28-/m0/s1. The van der Waals surface area contributed by atoms with Gasteiger partial charge in [-0.3, -0.25) is 14.4 Å². The van der Waals surface area contributed by atoms with Crippen LogP contribution in [-0.2, 0) is 25.8 Å². The summed E-state index contributed by atoms with van der Waals surface area (Å²) in [6.45, 7) is 3.28. The largest absolute Gasteiger partial charge is 0.461 e. The Balaban J connectivity index is 1.37. The van der Waals surface area contributed by atoms with E-state index in [1.165, 1.54) is 0 Å². The third kappa shape index (κ3) is 4.17. The topological polar surface area (TPSA) is 118 Å². The number of carbonyl (C=O) groups is 3. The molecule has 2 fully saturated rings. The molecule has 0 aliphatic carbocycles. The molecule has 1 unspecified atom stereocenters. The van der Waals surface area contributed by atoms with Gasteiger partial charge in [-0.1, -0.05) is 48.4 Å². The van der Waals surface area contributed by atoms with Gasteiger partial charge in [0.15, 0.2) is 0 Å². The van der Waals surface area contributed by atoms with Crippen molar-refractivity contribution in [1.29, 1.82) is 0 Å². The molecule has 10 nitrogen and oxygen atoms in total. The smallest absolute Gasteiger partial charge is 0.311 e. The molecule has 11 heteroatoms. The van der Waals surface area contributed by atoms with E-state index in [0.717, 1.165) is 23.9 Å². The monoisotopic (exact) mass is 551 g/mol. The summed E-state index contributed by atoms with van der Waals surface area (Å²) in [5.74, 6) is -2.08. The first kappa shape index (κ1) is 26.1. The number of likely N-dealkylation sites (tertiary alicyclic amines) is 1. The average Bonchev–Trinajstić information content (AvgIpc) is 3.44. The lowest BCUT2D eigenvalue weighted by Gasteiger charge is -2.36. The van der Waals surface area contributed by atoms with E-state index in [2.05, 4.69) is 10.3 Å². The second-order valence-corrected chi connectivity index (χ2v) is 12.7. The third-order valence-electron chi connectivity index (χ3n) is 8.43. The lowest BCUT2D eigenvalue weighted by atomic mass is 9.75. The van der Waals surface area contributed by atoms with Crippen molar-refractivity contribution in [3.05, 3.63) is 48.6 Å². The fraction of sp³-hybridized carbons (Fsp3) is 0.536. The van der Waals surface area contributed by atoms with Crippen molar-refractivity contribution in [2.75, 3.05) is 26.3 Å². The molecule has 0 bridgehead atoms. The minimum Gasteiger partial charge on any atom is -0.461 e. The summed E-state index contributed by atoms with van der Waals surface area (Å²) in [5.41, 5.74) is 1.57. The van der Waals surface area contributed by atoms with E-state index in [0.29, 0.717) is 25.9 Å². The lowest BCUT2D eigenvalue weighted by molar-refractivity contribution is -0.152. The van der Waals surface area contributed by atoms with E-state index in [1.807, 2.05) is 55.5 Å². The second kappa shape index (κ2) is 10.1. The number of thioether (sulfide) groups is 1. The fourth-order valence-electron chi connectivity index (χ4n) is 6.70. The molecule has 39 heavy (non-hydrogen) atoms. The number of aliphatic hydroxyl groups is 1. The zero-order valence-electron chi connectivity index (χ0n) is 21.9. The summed E-state index contributed by atoms with van der Waals surface area (Å²) < 4.78 is 5.65. The predicted molar refractivity (Wildman–Crippen MR) is 145 cm³/mol. The first-order valence-electron chi connectivity index (χ1n) is 13.6. The van der Waals surface area contributed by atoms with Crippen LogP contribution >= 0.6 is 11.8 Å². The molecule has 1 aromatic heterocycles. The van der Waals surface area contributed by atoms with Gasteiger partial charge in [0.1, 0.15) is 24.8 Å². The van der Waals surface area contributed by atoms with Crippen LogP contribution in [-0.4, -0.2) is 89.5 Å². The molecule has 5 atom stereocenters. The van der Waals surface area contributed by atoms with Crippen molar-refractivity contribution in [3.8, 4) is 0 Å². The van der Waals surface area contributed by atoms with E-state index >= 15 is 0 Å². The van der Waals surface area contributed by atoms with Crippen LogP contribution in [0.15, 0.2) is 48.6 Å². The number of unbranched alkanes of at least 4 members (excludes halogenated alkanes) is 3. The SMILES string of the molecule is C[C@]12C=CCOC(=O)[C@H]1[C@H]1C(=O)N(CCCCCCO)C3C(=O)N(Cn4nnc5ccccc54)CC=C[C@@]31S2. The summed E-state index contributed by atoms with van der Waals surface area (Å²) in [7, 11) is 0. The number of aromatic nitrogens is 3. The summed E-state index contributed by atoms with van der Waals surface area (Å²) >= 11 is 1.55. The Kier molecular flexibility index (Phi) is 6.74. The van der Waals surface area contributed by atoms with Crippen LogP contribution in [0.5, 0.6) is 0 Å². The average molecular weight is 552 g/mol. The molecule has 0 radical (unpaired) electrons. The molecule has 2 amide bonds. The molecule has 0 saturated carbocycles. The van der Waals surface area contributed by atoms with Crippen molar-refractivity contribution >= 4 is 40.6 Å². The molecule has 2 saturated heterocycles. The highest BCUT2D eigenvalue weighted by Crippen LogP contribution is 2.65. The summed E-state index contributed by atoms with van der Waals surface area (Å²) in [4.78, 5) is 45.3. The van der Waals surface area contributed by atoms with E-state index in [4.69, 9.17) is 9.84 Å².